The number of hydrogen-bond donors (Lipinski definition) is 2. The summed E-state index contributed by atoms with van der Waals surface area (Å²) >= 11 is 5.62. The number of hydrogen-bond acceptors (Lipinski definition) is 4. The first-order valence-corrected chi connectivity index (χ1v) is 5.07. The van der Waals surface area contributed by atoms with Gasteiger partial charge in [0.2, 0.25) is 5.82 Å². The molecule has 2 rings (SSSR count). The van der Waals surface area contributed by atoms with E-state index in [9.17, 15) is 13.2 Å². The van der Waals surface area contributed by atoms with E-state index < -0.39 is 19.1 Å². The Balaban J connectivity index is 2.69. The Morgan fingerprint density at radius 1 is 1.17 bits per heavy atom. The molecule has 0 amide bonds. The molecule has 1 aromatic heterocycles. The second kappa shape index (κ2) is 4.38. The van der Waals surface area contributed by atoms with E-state index in [1.54, 1.807) is 0 Å². The van der Waals surface area contributed by atoms with Crippen molar-refractivity contribution >= 4 is 35.1 Å². The Kier molecular flexibility index (Phi) is 3.18. The molecule has 0 saturated heterocycles. The second-order valence-corrected chi connectivity index (χ2v) is 3.84. The van der Waals surface area contributed by atoms with Crippen molar-refractivity contribution in [2.45, 2.75) is 6.18 Å². The molecule has 2 N–H and O–H groups in total. The van der Waals surface area contributed by atoms with Gasteiger partial charge in [0.1, 0.15) is 5.15 Å². The quantitative estimate of drug-likeness (QED) is 0.602. The number of aromatic nitrogens is 2. The summed E-state index contributed by atoms with van der Waals surface area (Å²) in [5.41, 5.74) is -0.0849. The van der Waals surface area contributed by atoms with Gasteiger partial charge < -0.3 is 10.0 Å². The number of rotatable bonds is 1. The molecule has 0 atom stereocenters. The third-order valence-corrected chi connectivity index (χ3v) is 2.51. The Labute approximate surface area is 104 Å². The minimum Gasteiger partial charge on any atom is -0.423 e. The summed E-state index contributed by atoms with van der Waals surface area (Å²) in [6.45, 7) is 0. The number of fused-ring (bicyclic) bond motifs is 1. The fourth-order valence-electron chi connectivity index (χ4n) is 1.40. The highest BCUT2D eigenvalue weighted by atomic mass is 35.5. The predicted octanol–water partition coefficient (Wildman–Crippen LogP) is 0.982. The molecule has 0 fully saturated rings. The van der Waals surface area contributed by atoms with E-state index in [1.807, 2.05) is 0 Å². The summed E-state index contributed by atoms with van der Waals surface area (Å²) in [7, 11) is -1.79. The molecule has 0 bridgehead atoms. The lowest BCUT2D eigenvalue weighted by Crippen LogP contribution is -2.29. The van der Waals surface area contributed by atoms with Crippen molar-refractivity contribution in [3.8, 4) is 0 Å². The summed E-state index contributed by atoms with van der Waals surface area (Å²) in [6.07, 6.45) is -4.72. The van der Waals surface area contributed by atoms with Crippen LogP contribution in [-0.2, 0) is 6.18 Å². The fraction of sp³-hybridized carbons (Fsp3) is 0.111. The summed E-state index contributed by atoms with van der Waals surface area (Å²) in [4.78, 5) is 6.46. The van der Waals surface area contributed by atoms with E-state index in [2.05, 4.69) is 9.97 Å². The van der Waals surface area contributed by atoms with Crippen LogP contribution in [0.4, 0.5) is 13.2 Å². The zero-order valence-electron chi connectivity index (χ0n) is 8.61. The minimum absolute atomic E-state index is 0.0189. The highest BCUT2D eigenvalue weighted by Gasteiger charge is 2.35. The molecule has 0 spiro atoms. The average molecular weight is 276 g/mol. The van der Waals surface area contributed by atoms with Crippen LogP contribution in [0.15, 0.2) is 18.2 Å². The SMILES string of the molecule is OB(O)c1ccc2c(Cl)nc(C(F)(F)F)nc2c1. The van der Waals surface area contributed by atoms with Crippen molar-refractivity contribution in [1.82, 2.24) is 9.97 Å². The van der Waals surface area contributed by atoms with Crippen molar-refractivity contribution < 1.29 is 23.2 Å². The van der Waals surface area contributed by atoms with Crippen LogP contribution in [-0.4, -0.2) is 27.1 Å². The average Bonchev–Trinajstić information content (AvgIpc) is 2.26. The first-order chi connectivity index (χ1) is 8.29. The van der Waals surface area contributed by atoms with E-state index in [1.165, 1.54) is 12.1 Å². The molecular weight excluding hydrogens is 271 g/mol. The number of nitrogens with zero attached hydrogens (tertiary/aromatic N) is 2. The molecule has 0 radical (unpaired) electrons. The van der Waals surface area contributed by atoms with Crippen molar-refractivity contribution in [2.24, 2.45) is 0 Å². The van der Waals surface area contributed by atoms with Gasteiger partial charge in [-0.1, -0.05) is 23.7 Å². The first kappa shape index (κ1) is 13.1. The van der Waals surface area contributed by atoms with Crippen molar-refractivity contribution in [3.05, 3.63) is 29.2 Å². The Morgan fingerprint density at radius 2 is 1.83 bits per heavy atom. The minimum atomic E-state index is -4.72. The maximum atomic E-state index is 12.5. The molecule has 1 heterocycles. The fourth-order valence-corrected chi connectivity index (χ4v) is 1.64. The number of alkyl halides is 3. The molecule has 94 valence electrons. The summed E-state index contributed by atoms with van der Waals surface area (Å²) < 4.78 is 37.4. The van der Waals surface area contributed by atoms with E-state index >= 15 is 0 Å². The summed E-state index contributed by atoms with van der Waals surface area (Å²) in [6, 6.07) is 3.75. The summed E-state index contributed by atoms with van der Waals surface area (Å²) in [5, 5.41) is 17.7. The van der Waals surface area contributed by atoms with Gasteiger partial charge in [-0.2, -0.15) is 13.2 Å². The van der Waals surface area contributed by atoms with Gasteiger partial charge in [0.05, 0.1) is 5.52 Å². The highest BCUT2D eigenvalue weighted by molar-refractivity contribution is 6.59. The van der Waals surface area contributed by atoms with E-state index in [0.717, 1.165) is 6.07 Å². The van der Waals surface area contributed by atoms with E-state index in [0.29, 0.717) is 0 Å². The standard InChI is InChI=1S/C9H5BClF3N2O2/c11-7-5-2-1-4(10(17)18)3-6(5)15-8(16-7)9(12,13)14/h1-3,17-18H. The van der Waals surface area contributed by atoms with Gasteiger partial charge >= 0.3 is 13.3 Å². The topological polar surface area (TPSA) is 66.2 Å². The molecule has 1 aromatic carbocycles. The third-order valence-electron chi connectivity index (χ3n) is 2.23. The second-order valence-electron chi connectivity index (χ2n) is 3.49. The van der Waals surface area contributed by atoms with Gasteiger partial charge in [-0.3, -0.25) is 0 Å². The molecule has 0 aliphatic heterocycles. The lowest BCUT2D eigenvalue weighted by molar-refractivity contribution is -0.144. The van der Waals surface area contributed by atoms with Gasteiger partial charge in [-0.25, -0.2) is 9.97 Å². The zero-order valence-corrected chi connectivity index (χ0v) is 9.37. The van der Waals surface area contributed by atoms with Crippen molar-refractivity contribution in [1.29, 1.82) is 0 Å². The molecule has 2 aromatic rings. The Bertz CT molecular complexity index is 606. The molecule has 0 aliphatic rings. The first-order valence-electron chi connectivity index (χ1n) is 4.69. The van der Waals surface area contributed by atoms with Crippen LogP contribution in [0.1, 0.15) is 5.82 Å². The Hall–Kier alpha value is -1.38. The van der Waals surface area contributed by atoms with Gasteiger partial charge in [-0.05, 0) is 11.5 Å². The zero-order chi connectivity index (χ0) is 13.5. The number of benzene rings is 1. The smallest absolute Gasteiger partial charge is 0.423 e. The van der Waals surface area contributed by atoms with Gasteiger partial charge in [-0.15, -0.1) is 0 Å². The van der Waals surface area contributed by atoms with Crippen molar-refractivity contribution in [2.75, 3.05) is 0 Å². The van der Waals surface area contributed by atoms with Gasteiger partial charge in [0.15, 0.2) is 0 Å². The highest BCUT2D eigenvalue weighted by Crippen LogP contribution is 2.29. The predicted molar refractivity (Wildman–Crippen MR) is 59.4 cm³/mol. The molecule has 4 nitrogen and oxygen atoms in total. The normalized spacial score (nSPS) is 11.9. The summed E-state index contributed by atoms with van der Waals surface area (Å²) in [5.74, 6) is -1.37. The van der Waals surface area contributed by atoms with Crippen molar-refractivity contribution in [3.63, 3.8) is 0 Å². The van der Waals surface area contributed by atoms with Crippen LogP contribution in [0.3, 0.4) is 0 Å². The lowest BCUT2D eigenvalue weighted by atomic mass is 9.80. The molecule has 0 aliphatic carbocycles. The third kappa shape index (κ3) is 2.40. The van der Waals surface area contributed by atoms with Gasteiger partial charge in [0, 0.05) is 5.39 Å². The largest absolute Gasteiger partial charge is 0.488 e. The van der Waals surface area contributed by atoms with Crippen LogP contribution >= 0.6 is 11.6 Å². The number of halogens is 4. The maximum Gasteiger partial charge on any atom is 0.488 e. The van der Waals surface area contributed by atoms with Gasteiger partial charge in [0.25, 0.3) is 0 Å². The van der Waals surface area contributed by atoms with E-state index in [-0.39, 0.29) is 21.5 Å². The van der Waals surface area contributed by atoms with Crippen LogP contribution in [0.5, 0.6) is 0 Å². The van der Waals surface area contributed by atoms with Crippen LogP contribution < -0.4 is 5.46 Å². The molecule has 9 heteroatoms. The monoisotopic (exact) mass is 276 g/mol. The lowest BCUT2D eigenvalue weighted by Gasteiger charge is -2.08. The molecule has 18 heavy (non-hydrogen) atoms. The molecule has 0 saturated carbocycles. The van der Waals surface area contributed by atoms with Crippen LogP contribution in [0.2, 0.25) is 5.15 Å². The Morgan fingerprint density at radius 3 is 2.39 bits per heavy atom. The molecular formula is C9H5BClF3N2O2. The maximum absolute atomic E-state index is 12.5. The van der Waals surface area contributed by atoms with Crippen LogP contribution in [0, 0.1) is 0 Å². The molecule has 0 unspecified atom stereocenters. The van der Waals surface area contributed by atoms with Crippen LogP contribution in [0.25, 0.3) is 10.9 Å². The van der Waals surface area contributed by atoms with E-state index in [4.69, 9.17) is 21.6 Å².